The molecule has 16 nitrogen and oxygen atoms in total. The zero-order chi connectivity index (χ0) is 44.3. The molecule has 5 rings (SSSR count). The quantitative estimate of drug-likeness (QED) is 0.179. The Hall–Kier alpha value is -4.64. The number of fused-ring (bicyclic) bond motifs is 1. The number of aromatic nitrogens is 2. The molecule has 3 N–H and O–H groups in total. The molecule has 16 heteroatoms. The number of nitrogens with zero attached hydrogens (tertiary/aromatic N) is 3. The van der Waals surface area contributed by atoms with Crippen LogP contribution < -0.4 is 10.6 Å². The lowest BCUT2D eigenvalue weighted by Gasteiger charge is -2.47. The van der Waals surface area contributed by atoms with Crippen LogP contribution in [0.4, 0.5) is 9.59 Å². The average Bonchev–Trinajstić information content (AvgIpc) is 3.78. The summed E-state index contributed by atoms with van der Waals surface area (Å²) in [5.74, 6) is -5.95. The topological polar surface area (TPSA) is 197 Å². The molecule has 0 radical (unpaired) electrons. The number of Topliss-reactive ketones (excluding diaryl/α,β-unsaturated/α-hetero) is 2. The Morgan fingerprint density at radius 1 is 1.05 bits per heavy atom. The summed E-state index contributed by atoms with van der Waals surface area (Å²) in [6.45, 7) is 13.2. The van der Waals surface area contributed by atoms with Gasteiger partial charge in [-0.1, -0.05) is 64.1 Å². The Labute approximate surface area is 352 Å². The number of carbonyl (C=O) groups is 5. The van der Waals surface area contributed by atoms with Crippen molar-refractivity contribution >= 4 is 35.8 Å². The van der Waals surface area contributed by atoms with Crippen LogP contribution in [-0.2, 0) is 45.1 Å². The van der Waals surface area contributed by atoms with E-state index in [0.717, 1.165) is 16.8 Å². The molecule has 3 fully saturated rings. The van der Waals surface area contributed by atoms with E-state index in [0.29, 0.717) is 6.42 Å². The van der Waals surface area contributed by atoms with E-state index in [1.165, 1.54) is 6.92 Å². The molecule has 0 unspecified atom stereocenters. The standard InChI is InChI=1S/C44H63N5O11/c1-12-33-44(8)37(46-42(55)60-44)26(4)34(50)24(2)23-43(7,59-41(54)45-20-13-14-29-15-17-30(18-16-29)31-19-21-49(11)47-31)38(27(5)35(51)28(6)39(53)57-33)58-40-36(52)32(48(9)10)22-25(3)56-40/h13-19,21,24-28,32-33,36-38,40,52H,12,20,22-23H2,1-11H3,(H,45,54)(H,46,55)/b14-13+/t24-,25-,26+,27+,28-,32+,33-,36-,37-,38-,40+,43-,44-/m1/s1. The summed E-state index contributed by atoms with van der Waals surface area (Å²) in [5, 5.41) is 21.5. The fourth-order valence-electron chi connectivity index (χ4n) is 9.00. The third-order valence-electron chi connectivity index (χ3n) is 12.4. The average molecular weight is 838 g/mol. The minimum absolute atomic E-state index is 0.0658. The summed E-state index contributed by atoms with van der Waals surface area (Å²) in [6.07, 6.45) is -0.735. The highest BCUT2D eigenvalue weighted by Crippen LogP contribution is 2.40. The molecule has 1 aromatic heterocycles. The molecule has 2 aromatic rings. The molecule has 0 aliphatic carbocycles. The van der Waals surface area contributed by atoms with Crippen LogP contribution in [-0.4, -0.2) is 124 Å². The number of carbonyl (C=O) groups excluding carboxylic acids is 5. The van der Waals surface area contributed by atoms with Crippen molar-refractivity contribution in [2.24, 2.45) is 30.7 Å². The molecule has 13 atom stereocenters. The summed E-state index contributed by atoms with van der Waals surface area (Å²) >= 11 is 0. The second kappa shape index (κ2) is 19.0. The second-order valence-corrected chi connectivity index (χ2v) is 17.3. The number of aryl methyl sites for hydroxylation is 1. The number of aliphatic hydroxyl groups is 1. The lowest BCUT2D eigenvalue weighted by atomic mass is 9.73. The van der Waals surface area contributed by atoms with Gasteiger partial charge in [0, 0.05) is 49.1 Å². The summed E-state index contributed by atoms with van der Waals surface area (Å²) in [4.78, 5) is 71.1. The van der Waals surface area contributed by atoms with Gasteiger partial charge in [-0.2, -0.15) is 5.10 Å². The van der Waals surface area contributed by atoms with Gasteiger partial charge in [-0.05, 0) is 72.7 Å². The minimum Gasteiger partial charge on any atom is -0.458 e. The molecule has 3 saturated heterocycles. The van der Waals surface area contributed by atoms with E-state index in [1.807, 2.05) is 75.6 Å². The molecule has 4 heterocycles. The van der Waals surface area contributed by atoms with Crippen molar-refractivity contribution in [2.75, 3.05) is 20.6 Å². The molecular formula is C44H63N5O11. The van der Waals surface area contributed by atoms with Crippen molar-refractivity contribution in [3.05, 3.63) is 48.2 Å². The van der Waals surface area contributed by atoms with E-state index in [-0.39, 0.29) is 37.3 Å². The van der Waals surface area contributed by atoms with Crippen molar-refractivity contribution in [2.45, 2.75) is 129 Å². The normalized spacial score (nSPS) is 35.6. The Morgan fingerprint density at radius 3 is 2.35 bits per heavy atom. The maximum atomic E-state index is 14.4. The molecule has 60 heavy (non-hydrogen) atoms. The van der Waals surface area contributed by atoms with Gasteiger partial charge in [-0.25, -0.2) is 9.59 Å². The largest absolute Gasteiger partial charge is 0.458 e. The molecule has 0 saturated carbocycles. The fraction of sp³-hybridized carbons (Fsp3) is 0.636. The summed E-state index contributed by atoms with van der Waals surface area (Å²) < 4.78 is 32.4. The van der Waals surface area contributed by atoms with Gasteiger partial charge >= 0.3 is 18.2 Å². The monoisotopic (exact) mass is 837 g/mol. The third kappa shape index (κ3) is 10.1. The van der Waals surface area contributed by atoms with Crippen molar-refractivity contribution < 1.29 is 52.8 Å². The lowest BCUT2D eigenvalue weighted by Crippen LogP contribution is -2.60. The van der Waals surface area contributed by atoms with Gasteiger partial charge in [0.25, 0.3) is 0 Å². The second-order valence-electron chi connectivity index (χ2n) is 17.3. The molecule has 2 amide bonds. The molecule has 330 valence electrons. The number of likely N-dealkylation sites (N-methyl/N-ethyl adjacent to an activating group) is 1. The Morgan fingerprint density at radius 2 is 1.73 bits per heavy atom. The zero-order valence-electron chi connectivity index (χ0n) is 36.7. The first kappa shape index (κ1) is 46.4. The van der Waals surface area contributed by atoms with Gasteiger partial charge in [-0.15, -0.1) is 0 Å². The molecular weight excluding hydrogens is 775 g/mol. The van der Waals surface area contributed by atoms with Crippen LogP contribution in [0.1, 0.15) is 80.2 Å². The van der Waals surface area contributed by atoms with E-state index in [9.17, 15) is 29.1 Å². The maximum Gasteiger partial charge on any atom is 0.408 e. The molecule has 0 spiro atoms. The van der Waals surface area contributed by atoms with E-state index in [2.05, 4.69) is 15.7 Å². The number of esters is 1. The third-order valence-corrected chi connectivity index (χ3v) is 12.4. The van der Waals surface area contributed by atoms with E-state index in [4.69, 9.17) is 23.7 Å². The number of rotatable bonds is 9. The number of hydrogen-bond acceptors (Lipinski definition) is 13. The van der Waals surface area contributed by atoms with Crippen molar-refractivity contribution in [1.82, 2.24) is 25.3 Å². The van der Waals surface area contributed by atoms with E-state index < -0.39 is 89.5 Å². The number of ketones is 2. The SMILES string of the molecule is CC[C@H]1OC(=O)[C@H](C)C(=O)[C@H](C)[C@@H](O[C@@H]2O[C@H](C)C[C@H](N(C)C)[C@H]2O)[C@](C)(OC(=O)NC/C=C/c2ccc(-c3ccn(C)n3)cc2)C[C@@H](C)C(=O)[C@H](C)[C@H]2NC(=O)O[C@@]21C. The zero-order valence-corrected chi connectivity index (χ0v) is 36.7. The molecule has 3 aliphatic heterocycles. The molecule has 1 aromatic carbocycles. The Kier molecular flexibility index (Phi) is 14.7. The van der Waals surface area contributed by atoms with Gasteiger partial charge in [0.1, 0.15) is 35.6 Å². The number of benzene rings is 1. The molecule has 3 aliphatic rings. The number of amides is 2. The Bertz CT molecular complexity index is 1900. The van der Waals surface area contributed by atoms with Crippen LogP contribution in [0, 0.1) is 23.7 Å². The summed E-state index contributed by atoms with van der Waals surface area (Å²) in [5.41, 5.74) is -0.486. The minimum atomic E-state index is -1.74. The number of ether oxygens (including phenoxy) is 5. The van der Waals surface area contributed by atoms with Crippen LogP contribution in [0.5, 0.6) is 0 Å². The first-order valence-electron chi connectivity index (χ1n) is 20.8. The van der Waals surface area contributed by atoms with Gasteiger partial charge in [-0.3, -0.25) is 19.1 Å². The van der Waals surface area contributed by atoms with Crippen LogP contribution >= 0.6 is 0 Å². The molecule has 0 bridgehead atoms. The van der Waals surface area contributed by atoms with Crippen molar-refractivity contribution in [1.29, 1.82) is 0 Å². The van der Waals surface area contributed by atoms with Gasteiger partial charge < -0.3 is 44.3 Å². The number of aliphatic hydroxyl groups excluding tert-OH is 1. The number of nitrogens with one attached hydrogen (secondary N) is 2. The first-order valence-corrected chi connectivity index (χ1v) is 20.8. The van der Waals surface area contributed by atoms with E-state index >= 15 is 0 Å². The van der Waals surface area contributed by atoms with Crippen LogP contribution in [0.2, 0.25) is 0 Å². The highest BCUT2D eigenvalue weighted by atomic mass is 16.7. The highest BCUT2D eigenvalue weighted by molar-refractivity contribution is 6.00. The number of hydrogen-bond donors (Lipinski definition) is 3. The lowest BCUT2D eigenvalue weighted by molar-refractivity contribution is -0.292. The summed E-state index contributed by atoms with van der Waals surface area (Å²) in [7, 11) is 5.51. The van der Waals surface area contributed by atoms with Gasteiger partial charge in [0.2, 0.25) is 0 Å². The summed E-state index contributed by atoms with van der Waals surface area (Å²) in [6, 6.07) is 8.42. The Balaban J connectivity index is 1.48. The van der Waals surface area contributed by atoms with Crippen LogP contribution in [0.3, 0.4) is 0 Å². The van der Waals surface area contributed by atoms with Crippen molar-refractivity contribution in [3.63, 3.8) is 0 Å². The predicted octanol–water partition coefficient (Wildman–Crippen LogP) is 4.67. The van der Waals surface area contributed by atoms with E-state index in [1.54, 1.807) is 52.3 Å². The van der Waals surface area contributed by atoms with Crippen molar-refractivity contribution in [3.8, 4) is 11.3 Å². The highest BCUT2D eigenvalue weighted by Gasteiger charge is 2.57. The fourth-order valence-corrected chi connectivity index (χ4v) is 9.00. The van der Waals surface area contributed by atoms with Crippen LogP contribution in [0.15, 0.2) is 42.6 Å². The van der Waals surface area contributed by atoms with Crippen LogP contribution in [0.25, 0.3) is 17.3 Å². The predicted molar refractivity (Wildman–Crippen MR) is 221 cm³/mol. The number of cyclic esters (lactones) is 1. The van der Waals surface area contributed by atoms with Gasteiger partial charge in [0.05, 0.1) is 17.8 Å². The first-order chi connectivity index (χ1) is 28.2. The van der Waals surface area contributed by atoms with Gasteiger partial charge in [0.15, 0.2) is 17.7 Å². The number of alkyl carbamates (subject to hydrolysis) is 2. The smallest absolute Gasteiger partial charge is 0.408 e. The maximum absolute atomic E-state index is 14.4.